The lowest BCUT2D eigenvalue weighted by molar-refractivity contribution is 0.0245. The van der Waals surface area contributed by atoms with Crippen LogP contribution >= 0.6 is 0 Å². The zero-order valence-electron chi connectivity index (χ0n) is 17.6. The Kier molecular flexibility index (Phi) is 5.66. The third-order valence-corrected chi connectivity index (χ3v) is 5.50. The van der Waals surface area contributed by atoms with Crippen LogP contribution in [0.5, 0.6) is 0 Å². The molecule has 0 radical (unpaired) electrons. The summed E-state index contributed by atoms with van der Waals surface area (Å²) >= 11 is 0. The van der Waals surface area contributed by atoms with Crippen LogP contribution in [0, 0.1) is 6.92 Å². The zero-order valence-corrected chi connectivity index (χ0v) is 17.6. The molecule has 30 heavy (non-hydrogen) atoms. The van der Waals surface area contributed by atoms with Gasteiger partial charge in [0, 0.05) is 29.5 Å². The third kappa shape index (κ3) is 4.42. The van der Waals surface area contributed by atoms with Gasteiger partial charge in [-0.3, -0.25) is 9.78 Å². The molecule has 0 saturated carbocycles. The van der Waals surface area contributed by atoms with Gasteiger partial charge in [0.15, 0.2) is 0 Å². The van der Waals surface area contributed by atoms with Gasteiger partial charge in [-0.15, -0.1) is 0 Å². The van der Waals surface area contributed by atoms with E-state index in [4.69, 9.17) is 4.74 Å². The monoisotopic (exact) mass is 401 g/mol. The van der Waals surface area contributed by atoms with Crippen molar-refractivity contribution < 1.29 is 9.53 Å². The second-order valence-electron chi connectivity index (χ2n) is 8.25. The fourth-order valence-electron chi connectivity index (χ4n) is 3.81. The molecule has 1 unspecified atom stereocenters. The summed E-state index contributed by atoms with van der Waals surface area (Å²) in [5, 5.41) is 6.57. The van der Waals surface area contributed by atoms with Crippen LogP contribution in [-0.2, 0) is 16.9 Å². The topological polar surface area (TPSA) is 63.2 Å². The Morgan fingerprint density at radius 1 is 1.17 bits per heavy atom. The van der Waals surface area contributed by atoms with Gasteiger partial charge in [0.2, 0.25) is 0 Å². The molecule has 4 rings (SSSR count). The first-order valence-corrected chi connectivity index (χ1v) is 10.2. The number of nitrogens with zero attached hydrogens (tertiary/aromatic N) is 1. The van der Waals surface area contributed by atoms with Crippen LogP contribution in [0.15, 0.2) is 66.9 Å². The normalized spacial score (nSPS) is 17.2. The van der Waals surface area contributed by atoms with E-state index in [1.807, 2.05) is 60.8 Å². The molecule has 1 aliphatic rings. The number of carbonyl (C=O) groups is 1. The summed E-state index contributed by atoms with van der Waals surface area (Å²) < 4.78 is 6.22. The van der Waals surface area contributed by atoms with Gasteiger partial charge in [0.25, 0.3) is 5.91 Å². The van der Waals surface area contributed by atoms with Crippen molar-refractivity contribution in [1.29, 1.82) is 0 Å². The highest BCUT2D eigenvalue weighted by atomic mass is 16.5. The third-order valence-electron chi connectivity index (χ3n) is 5.50. The summed E-state index contributed by atoms with van der Waals surface area (Å²) in [5.41, 5.74) is 5.56. The largest absolute Gasteiger partial charge is 0.366 e. The van der Waals surface area contributed by atoms with E-state index in [-0.39, 0.29) is 17.6 Å². The number of fused-ring (bicyclic) bond motifs is 1. The molecular formula is C25H27N3O2. The molecule has 1 aromatic heterocycles. The Balaban J connectivity index is 1.54. The Hall–Kier alpha value is -3.02. The van der Waals surface area contributed by atoms with Crippen molar-refractivity contribution in [3.05, 3.63) is 94.8 Å². The minimum absolute atomic E-state index is 0.0748. The minimum atomic E-state index is -0.218. The molecule has 1 aliphatic heterocycles. The van der Waals surface area contributed by atoms with Crippen molar-refractivity contribution in [2.75, 3.05) is 11.9 Å². The summed E-state index contributed by atoms with van der Waals surface area (Å²) in [6.07, 6.45) is 1.74. The minimum Gasteiger partial charge on any atom is -0.366 e. The maximum atomic E-state index is 12.5. The summed E-state index contributed by atoms with van der Waals surface area (Å²) in [4.78, 5) is 16.9. The van der Waals surface area contributed by atoms with Crippen LogP contribution in [0.1, 0.15) is 52.7 Å². The highest BCUT2D eigenvalue weighted by molar-refractivity contribution is 6.04. The number of hydrogen-bond acceptors (Lipinski definition) is 4. The SMILES string of the molecule is Cc1ccnc(COC2CNC(C)(C)c3cc(NC(=O)c4ccccc4)ccc32)c1. The van der Waals surface area contributed by atoms with Crippen molar-refractivity contribution in [1.82, 2.24) is 10.3 Å². The maximum absolute atomic E-state index is 12.5. The molecule has 2 N–H and O–H groups in total. The highest BCUT2D eigenvalue weighted by Crippen LogP contribution is 2.36. The number of amides is 1. The van der Waals surface area contributed by atoms with Gasteiger partial charge in [0.1, 0.15) is 0 Å². The summed E-state index contributed by atoms with van der Waals surface area (Å²) in [7, 11) is 0. The predicted molar refractivity (Wildman–Crippen MR) is 118 cm³/mol. The van der Waals surface area contributed by atoms with E-state index >= 15 is 0 Å². The van der Waals surface area contributed by atoms with Crippen molar-refractivity contribution >= 4 is 11.6 Å². The van der Waals surface area contributed by atoms with Crippen molar-refractivity contribution in [2.24, 2.45) is 0 Å². The average Bonchev–Trinajstić information content (AvgIpc) is 2.74. The molecule has 1 atom stereocenters. The maximum Gasteiger partial charge on any atom is 0.255 e. The molecular weight excluding hydrogens is 374 g/mol. The Labute approximate surface area is 177 Å². The van der Waals surface area contributed by atoms with Gasteiger partial charge in [-0.25, -0.2) is 0 Å². The molecule has 2 heterocycles. The number of ether oxygens (including phenoxy) is 1. The highest BCUT2D eigenvalue weighted by Gasteiger charge is 2.33. The Morgan fingerprint density at radius 3 is 2.73 bits per heavy atom. The fraction of sp³-hybridized carbons (Fsp3) is 0.280. The lowest BCUT2D eigenvalue weighted by Crippen LogP contribution is -2.45. The number of carbonyl (C=O) groups excluding carboxylic acids is 1. The molecule has 0 saturated heterocycles. The van der Waals surface area contributed by atoms with E-state index in [0.29, 0.717) is 12.2 Å². The van der Waals surface area contributed by atoms with Gasteiger partial charge in [0.05, 0.1) is 18.4 Å². The lowest BCUT2D eigenvalue weighted by Gasteiger charge is -2.38. The number of nitrogens with one attached hydrogen (secondary N) is 2. The summed E-state index contributed by atoms with van der Waals surface area (Å²) in [5.74, 6) is -0.115. The van der Waals surface area contributed by atoms with Crippen molar-refractivity contribution in [2.45, 2.75) is 39.0 Å². The molecule has 1 amide bonds. The number of aryl methyl sites for hydroxylation is 1. The molecule has 0 fully saturated rings. The van der Waals surface area contributed by atoms with Crippen LogP contribution in [-0.4, -0.2) is 17.4 Å². The van der Waals surface area contributed by atoms with Crippen LogP contribution in [0.3, 0.4) is 0 Å². The molecule has 5 nitrogen and oxygen atoms in total. The van der Waals surface area contributed by atoms with Crippen molar-refractivity contribution in [3.8, 4) is 0 Å². The summed E-state index contributed by atoms with van der Waals surface area (Å²) in [6, 6.07) is 19.3. The summed E-state index contributed by atoms with van der Waals surface area (Å²) in [6.45, 7) is 7.53. The zero-order chi connectivity index (χ0) is 21.1. The first-order valence-electron chi connectivity index (χ1n) is 10.2. The number of pyridine rings is 1. The van der Waals surface area contributed by atoms with E-state index in [2.05, 4.69) is 42.5 Å². The number of hydrogen-bond donors (Lipinski definition) is 2. The molecule has 154 valence electrons. The van der Waals surface area contributed by atoms with Gasteiger partial charge in [-0.1, -0.05) is 24.3 Å². The van der Waals surface area contributed by atoms with E-state index in [0.717, 1.165) is 29.1 Å². The molecule has 0 aliphatic carbocycles. The van der Waals surface area contributed by atoms with Gasteiger partial charge < -0.3 is 15.4 Å². The van der Waals surface area contributed by atoms with Gasteiger partial charge in [-0.2, -0.15) is 0 Å². The first-order chi connectivity index (χ1) is 14.4. The molecule has 2 aromatic carbocycles. The molecule has 3 aromatic rings. The van der Waals surface area contributed by atoms with E-state index in [1.165, 1.54) is 5.56 Å². The predicted octanol–water partition coefficient (Wildman–Crippen LogP) is 4.74. The van der Waals surface area contributed by atoms with Crippen LogP contribution in [0.2, 0.25) is 0 Å². The van der Waals surface area contributed by atoms with Crippen molar-refractivity contribution in [3.63, 3.8) is 0 Å². The Bertz CT molecular complexity index is 1050. The Morgan fingerprint density at radius 2 is 1.97 bits per heavy atom. The molecule has 0 spiro atoms. The standard InChI is InChI=1S/C25H27N3O2/c1-17-11-12-26-20(13-17)16-30-23-15-27-25(2,3)22-14-19(9-10-21(22)23)28-24(29)18-7-5-4-6-8-18/h4-14,23,27H,15-16H2,1-3H3,(H,28,29). The average molecular weight is 402 g/mol. The molecule has 5 heteroatoms. The van der Waals surface area contributed by atoms with Crippen LogP contribution < -0.4 is 10.6 Å². The number of aromatic nitrogens is 1. The van der Waals surface area contributed by atoms with E-state index in [1.54, 1.807) is 0 Å². The second kappa shape index (κ2) is 8.38. The lowest BCUT2D eigenvalue weighted by atomic mass is 9.83. The van der Waals surface area contributed by atoms with Gasteiger partial charge in [-0.05, 0) is 73.9 Å². The number of anilines is 1. The van der Waals surface area contributed by atoms with Crippen LogP contribution in [0.25, 0.3) is 0 Å². The van der Waals surface area contributed by atoms with E-state index < -0.39 is 0 Å². The second-order valence-corrected chi connectivity index (χ2v) is 8.25. The first kappa shape index (κ1) is 20.3. The van der Waals surface area contributed by atoms with Crippen LogP contribution in [0.4, 0.5) is 5.69 Å². The van der Waals surface area contributed by atoms with E-state index in [9.17, 15) is 4.79 Å². The fourth-order valence-corrected chi connectivity index (χ4v) is 3.81. The molecule has 0 bridgehead atoms. The quantitative estimate of drug-likeness (QED) is 0.648. The number of rotatable bonds is 5. The smallest absolute Gasteiger partial charge is 0.255 e. The number of benzene rings is 2. The van der Waals surface area contributed by atoms with Gasteiger partial charge >= 0.3 is 0 Å².